The van der Waals surface area contributed by atoms with Crippen molar-refractivity contribution in [2.24, 2.45) is 5.41 Å². The zero-order valence-electron chi connectivity index (χ0n) is 11.7. The third kappa shape index (κ3) is 2.52. The van der Waals surface area contributed by atoms with Crippen LogP contribution in [-0.2, 0) is 9.53 Å². The molecule has 2 rings (SSSR count). The summed E-state index contributed by atoms with van der Waals surface area (Å²) in [4.78, 5) is 32.6. The SMILES string of the molecule is CCOC(=O)C(C)(C)C(=O)c1ccc2nccnc2c1. The molecule has 0 bridgehead atoms. The van der Waals surface area contributed by atoms with Gasteiger partial charge in [0.2, 0.25) is 0 Å². The first-order valence-corrected chi connectivity index (χ1v) is 6.39. The number of fused-ring (bicyclic) bond motifs is 1. The Kier molecular flexibility index (Phi) is 3.79. The highest BCUT2D eigenvalue weighted by molar-refractivity contribution is 6.12. The van der Waals surface area contributed by atoms with E-state index in [9.17, 15) is 9.59 Å². The molecular weight excluding hydrogens is 256 g/mol. The molecule has 1 aromatic heterocycles. The van der Waals surface area contributed by atoms with E-state index in [2.05, 4.69) is 9.97 Å². The van der Waals surface area contributed by atoms with Gasteiger partial charge in [-0.3, -0.25) is 19.6 Å². The topological polar surface area (TPSA) is 69.2 Å². The molecule has 0 atom stereocenters. The van der Waals surface area contributed by atoms with Crippen molar-refractivity contribution in [2.45, 2.75) is 20.8 Å². The number of carbonyl (C=O) groups is 2. The van der Waals surface area contributed by atoms with E-state index in [0.717, 1.165) is 0 Å². The highest BCUT2D eigenvalue weighted by Crippen LogP contribution is 2.25. The second kappa shape index (κ2) is 5.36. The minimum Gasteiger partial charge on any atom is -0.465 e. The number of benzene rings is 1. The number of nitrogens with zero attached hydrogens (tertiary/aromatic N) is 2. The molecule has 0 fully saturated rings. The summed E-state index contributed by atoms with van der Waals surface area (Å²) in [5.41, 5.74) is 0.540. The third-order valence-electron chi connectivity index (χ3n) is 3.08. The molecule has 0 radical (unpaired) electrons. The second-order valence-corrected chi connectivity index (χ2v) is 4.93. The van der Waals surface area contributed by atoms with Gasteiger partial charge in [0.1, 0.15) is 5.41 Å². The molecule has 5 heteroatoms. The normalized spacial score (nSPS) is 11.3. The maximum atomic E-state index is 12.5. The summed E-state index contributed by atoms with van der Waals surface area (Å²) < 4.78 is 4.95. The molecule has 0 unspecified atom stereocenters. The lowest BCUT2D eigenvalue weighted by molar-refractivity contribution is -0.150. The number of rotatable bonds is 4. The quantitative estimate of drug-likeness (QED) is 0.485. The Hall–Kier alpha value is -2.30. The molecule has 0 spiro atoms. The van der Waals surface area contributed by atoms with Gasteiger partial charge >= 0.3 is 5.97 Å². The van der Waals surface area contributed by atoms with E-state index in [1.165, 1.54) is 0 Å². The van der Waals surface area contributed by atoms with Crippen molar-refractivity contribution >= 4 is 22.8 Å². The first-order chi connectivity index (χ1) is 9.46. The van der Waals surface area contributed by atoms with Crippen molar-refractivity contribution in [3.8, 4) is 0 Å². The largest absolute Gasteiger partial charge is 0.465 e. The average molecular weight is 272 g/mol. The number of aromatic nitrogens is 2. The number of carbonyl (C=O) groups excluding carboxylic acids is 2. The van der Waals surface area contributed by atoms with Gasteiger partial charge in [0.15, 0.2) is 5.78 Å². The first-order valence-electron chi connectivity index (χ1n) is 6.39. The molecule has 20 heavy (non-hydrogen) atoms. The molecule has 104 valence electrons. The summed E-state index contributed by atoms with van der Waals surface area (Å²) in [6, 6.07) is 5.02. The number of Topliss-reactive ketones (excluding diaryl/α,β-unsaturated/α-hetero) is 1. The van der Waals surface area contributed by atoms with Crippen LogP contribution >= 0.6 is 0 Å². The van der Waals surface area contributed by atoms with Crippen molar-refractivity contribution in [1.29, 1.82) is 0 Å². The first kappa shape index (κ1) is 14.1. The summed E-state index contributed by atoms with van der Waals surface area (Å²) in [5, 5.41) is 0. The molecule has 1 heterocycles. The summed E-state index contributed by atoms with van der Waals surface area (Å²) in [6.45, 7) is 5.09. The lowest BCUT2D eigenvalue weighted by atomic mass is 9.84. The van der Waals surface area contributed by atoms with Gasteiger partial charge < -0.3 is 4.74 Å². The maximum Gasteiger partial charge on any atom is 0.319 e. The maximum absolute atomic E-state index is 12.5. The zero-order valence-corrected chi connectivity index (χ0v) is 11.7. The smallest absolute Gasteiger partial charge is 0.319 e. The van der Waals surface area contributed by atoms with Crippen molar-refractivity contribution < 1.29 is 14.3 Å². The van der Waals surface area contributed by atoms with Gasteiger partial charge in [0, 0.05) is 18.0 Å². The number of hydrogen-bond donors (Lipinski definition) is 0. The number of esters is 1. The molecule has 1 aromatic carbocycles. The Morgan fingerprint density at radius 1 is 1.15 bits per heavy atom. The van der Waals surface area contributed by atoms with E-state index in [4.69, 9.17) is 4.74 Å². The van der Waals surface area contributed by atoms with Crippen LogP contribution in [0, 0.1) is 5.41 Å². The van der Waals surface area contributed by atoms with Gasteiger partial charge in [-0.15, -0.1) is 0 Å². The fourth-order valence-electron chi connectivity index (χ4n) is 1.87. The summed E-state index contributed by atoms with van der Waals surface area (Å²) in [7, 11) is 0. The summed E-state index contributed by atoms with van der Waals surface area (Å²) >= 11 is 0. The van der Waals surface area contributed by atoms with Crippen molar-refractivity contribution in [2.75, 3.05) is 6.61 Å². The zero-order chi connectivity index (χ0) is 14.8. The van der Waals surface area contributed by atoms with Crippen LogP contribution in [0.4, 0.5) is 0 Å². The van der Waals surface area contributed by atoms with Crippen molar-refractivity contribution in [3.05, 3.63) is 36.2 Å². The Bertz CT molecular complexity index is 665. The Morgan fingerprint density at radius 3 is 2.45 bits per heavy atom. The van der Waals surface area contributed by atoms with Gasteiger partial charge in [-0.25, -0.2) is 0 Å². The molecule has 0 aliphatic heterocycles. The van der Waals surface area contributed by atoms with E-state index in [0.29, 0.717) is 16.6 Å². The van der Waals surface area contributed by atoms with E-state index < -0.39 is 11.4 Å². The fraction of sp³-hybridized carbons (Fsp3) is 0.333. The van der Waals surface area contributed by atoms with Crippen LogP contribution in [0.3, 0.4) is 0 Å². The van der Waals surface area contributed by atoms with E-state index >= 15 is 0 Å². The van der Waals surface area contributed by atoms with Crippen LogP contribution < -0.4 is 0 Å². The Balaban J connectivity index is 2.37. The molecular formula is C15H16N2O3. The molecule has 0 saturated carbocycles. The highest BCUT2D eigenvalue weighted by Gasteiger charge is 2.38. The molecule has 0 amide bonds. The van der Waals surface area contributed by atoms with Crippen molar-refractivity contribution in [3.63, 3.8) is 0 Å². The monoisotopic (exact) mass is 272 g/mol. The van der Waals surface area contributed by atoms with Crippen LogP contribution in [0.25, 0.3) is 11.0 Å². The molecule has 5 nitrogen and oxygen atoms in total. The van der Waals surface area contributed by atoms with Gasteiger partial charge in [0.25, 0.3) is 0 Å². The number of ketones is 1. The molecule has 0 aliphatic rings. The van der Waals surface area contributed by atoms with Crippen LogP contribution in [0.5, 0.6) is 0 Å². The molecule has 0 saturated heterocycles. The lowest BCUT2D eigenvalue weighted by Gasteiger charge is -2.20. The van der Waals surface area contributed by atoms with E-state index in [1.807, 2.05) is 0 Å². The molecule has 0 aliphatic carbocycles. The van der Waals surface area contributed by atoms with Gasteiger partial charge in [-0.2, -0.15) is 0 Å². The Morgan fingerprint density at radius 2 is 1.80 bits per heavy atom. The number of hydrogen-bond acceptors (Lipinski definition) is 5. The summed E-state index contributed by atoms with van der Waals surface area (Å²) in [6.07, 6.45) is 3.15. The van der Waals surface area contributed by atoms with E-state index in [1.54, 1.807) is 51.4 Å². The van der Waals surface area contributed by atoms with Crippen LogP contribution in [0.15, 0.2) is 30.6 Å². The minimum absolute atomic E-state index is 0.249. The highest BCUT2D eigenvalue weighted by atomic mass is 16.5. The van der Waals surface area contributed by atoms with E-state index in [-0.39, 0.29) is 12.4 Å². The Labute approximate surface area is 117 Å². The van der Waals surface area contributed by atoms with Gasteiger partial charge in [-0.1, -0.05) is 0 Å². The average Bonchev–Trinajstić information content (AvgIpc) is 2.46. The fourth-order valence-corrected chi connectivity index (χ4v) is 1.87. The predicted molar refractivity (Wildman–Crippen MR) is 74.3 cm³/mol. The predicted octanol–water partition coefficient (Wildman–Crippen LogP) is 2.40. The summed E-state index contributed by atoms with van der Waals surface area (Å²) in [5.74, 6) is -0.812. The standard InChI is InChI=1S/C15H16N2O3/c1-4-20-14(19)15(2,3)13(18)10-5-6-11-12(9-10)17-8-7-16-11/h5-9H,4H2,1-3H3. The van der Waals surface area contributed by atoms with Crippen LogP contribution in [0.1, 0.15) is 31.1 Å². The third-order valence-corrected chi connectivity index (χ3v) is 3.08. The van der Waals surface area contributed by atoms with Crippen LogP contribution in [-0.4, -0.2) is 28.3 Å². The molecule has 2 aromatic rings. The molecule has 0 N–H and O–H groups in total. The lowest BCUT2D eigenvalue weighted by Crippen LogP contribution is -2.35. The van der Waals surface area contributed by atoms with Gasteiger partial charge in [0.05, 0.1) is 17.6 Å². The minimum atomic E-state index is -1.22. The van der Waals surface area contributed by atoms with Crippen molar-refractivity contribution in [1.82, 2.24) is 9.97 Å². The van der Waals surface area contributed by atoms with Crippen LogP contribution in [0.2, 0.25) is 0 Å². The van der Waals surface area contributed by atoms with Gasteiger partial charge in [-0.05, 0) is 39.0 Å². The number of ether oxygens (including phenoxy) is 1. The second-order valence-electron chi connectivity index (χ2n) is 4.93.